The molecule has 0 saturated carbocycles. The van der Waals surface area contributed by atoms with Crippen molar-refractivity contribution in [2.45, 2.75) is 19.6 Å². The molecule has 110 valence electrons. The Labute approximate surface area is 131 Å². The Hall–Kier alpha value is -1.92. The van der Waals surface area contributed by atoms with Gasteiger partial charge >= 0.3 is 0 Å². The quantitative estimate of drug-likeness (QED) is 0.653. The Morgan fingerprint density at radius 3 is 2.71 bits per heavy atom. The Bertz CT molecular complexity index is 659. The Balaban J connectivity index is 2.23. The van der Waals surface area contributed by atoms with Crippen LogP contribution in [0.2, 0.25) is 0 Å². The lowest BCUT2D eigenvalue weighted by atomic mass is 10.1. The van der Waals surface area contributed by atoms with Gasteiger partial charge in [0, 0.05) is 22.1 Å². The van der Waals surface area contributed by atoms with Crippen molar-refractivity contribution in [2.75, 3.05) is 0 Å². The lowest BCUT2D eigenvalue weighted by Gasteiger charge is -2.14. The number of nitrogens with zero attached hydrogens (tertiary/aromatic N) is 1. The van der Waals surface area contributed by atoms with Crippen LogP contribution in [0.4, 0.5) is 5.69 Å². The fourth-order valence-corrected chi connectivity index (χ4v) is 2.32. The highest BCUT2D eigenvalue weighted by molar-refractivity contribution is 9.10. The molecular formula is C15H15BrN2O3. The minimum absolute atomic E-state index is 0.0302. The van der Waals surface area contributed by atoms with Crippen LogP contribution < -0.4 is 10.5 Å². The van der Waals surface area contributed by atoms with E-state index in [-0.39, 0.29) is 18.3 Å². The summed E-state index contributed by atoms with van der Waals surface area (Å²) in [5, 5.41) is 11.1. The zero-order chi connectivity index (χ0) is 15.4. The van der Waals surface area contributed by atoms with Gasteiger partial charge in [-0.15, -0.1) is 0 Å². The highest BCUT2D eigenvalue weighted by Gasteiger charge is 2.15. The highest BCUT2D eigenvalue weighted by Crippen LogP contribution is 2.27. The second-order valence-corrected chi connectivity index (χ2v) is 5.56. The molecule has 21 heavy (non-hydrogen) atoms. The van der Waals surface area contributed by atoms with E-state index in [4.69, 9.17) is 10.5 Å². The standard InChI is InChI=1S/C15H15BrN2O3/c1-10(17)13-4-2-3-5-15(13)21-9-11-6-7-12(16)8-14(11)18(19)20/h2-8,10H,9,17H2,1H3/t10-/m0/s1. The smallest absolute Gasteiger partial charge is 0.277 e. The zero-order valence-electron chi connectivity index (χ0n) is 11.5. The lowest BCUT2D eigenvalue weighted by molar-refractivity contribution is -0.385. The summed E-state index contributed by atoms with van der Waals surface area (Å²) in [7, 11) is 0. The third-order valence-electron chi connectivity index (χ3n) is 3.04. The highest BCUT2D eigenvalue weighted by atomic mass is 79.9. The van der Waals surface area contributed by atoms with Gasteiger partial charge in [-0.25, -0.2) is 0 Å². The van der Waals surface area contributed by atoms with E-state index in [1.807, 2.05) is 31.2 Å². The van der Waals surface area contributed by atoms with Gasteiger partial charge in [0.2, 0.25) is 0 Å². The molecule has 2 rings (SSSR count). The second kappa shape index (κ2) is 6.69. The molecule has 0 bridgehead atoms. The number of rotatable bonds is 5. The van der Waals surface area contributed by atoms with E-state index in [9.17, 15) is 10.1 Å². The fraction of sp³-hybridized carbons (Fsp3) is 0.200. The Kier molecular flexibility index (Phi) is 4.93. The summed E-state index contributed by atoms with van der Waals surface area (Å²) in [6.07, 6.45) is 0. The third kappa shape index (κ3) is 3.80. The molecule has 0 unspecified atom stereocenters. The van der Waals surface area contributed by atoms with Crippen LogP contribution >= 0.6 is 15.9 Å². The van der Waals surface area contributed by atoms with Gasteiger partial charge in [0.05, 0.1) is 10.5 Å². The number of para-hydroxylation sites is 1. The molecule has 0 aliphatic rings. The molecule has 0 fully saturated rings. The molecule has 0 spiro atoms. The molecule has 5 nitrogen and oxygen atoms in total. The minimum Gasteiger partial charge on any atom is -0.488 e. The molecule has 0 aliphatic heterocycles. The first kappa shape index (κ1) is 15.5. The number of benzene rings is 2. The second-order valence-electron chi connectivity index (χ2n) is 4.65. The van der Waals surface area contributed by atoms with Crippen molar-refractivity contribution in [3.63, 3.8) is 0 Å². The van der Waals surface area contributed by atoms with Gasteiger partial charge in [-0.1, -0.05) is 34.1 Å². The van der Waals surface area contributed by atoms with E-state index in [0.717, 1.165) is 5.56 Å². The number of nitro benzene ring substituents is 1. The van der Waals surface area contributed by atoms with Crippen LogP contribution in [0.5, 0.6) is 5.75 Å². The van der Waals surface area contributed by atoms with Crippen LogP contribution in [0.25, 0.3) is 0 Å². The van der Waals surface area contributed by atoms with Crippen molar-refractivity contribution in [3.05, 3.63) is 68.2 Å². The number of ether oxygens (including phenoxy) is 1. The van der Waals surface area contributed by atoms with Gasteiger partial charge in [-0.2, -0.15) is 0 Å². The SMILES string of the molecule is C[C@H](N)c1ccccc1OCc1ccc(Br)cc1[N+](=O)[O-]. The van der Waals surface area contributed by atoms with Gasteiger partial charge in [-0.05, 0) is 25.1 Å². The summed E-state index contributed by atoms with van der Waals surface area (Å²) in [6, 6.07) is 12.2. The van der Waals surface area contributed by atoms with Crippen LogP contribution in [0.1, 0.15) is 24.1 Å². The van der Waals surface area contributed by atoms with E-state index in [0.29, 0.717) is 15.8 Å². The summed E-state index contributed by atoms with van der Waals surface area (Å²) < 4.78 is 6.38. The summed E-state index contributed by atoms with van der Waals surface area (Å²) >= 11 is 3.23. The number of hydrogen-bond donors (Lipinski definition) is 1. The summed E-state index contributed by atoms with van der Waals surface area (Å²) in [6.45, 7) is 1.98. The summed E-state index contributed by atoms with van der Waals surface area (Å²) in [5.74, 6) is 0.643. The third-order valence-corrected chi connectivity index (χ3v) is 3.53. The van der Waals surface area contributed by atoms with Crippen molar-refractivity contribution in [3.8, 4) is 5.75 Å². The van der Waals surface area contributed by atoms with Crippen molar-refractivity contribution < 1.29 is 9.66 Å². The van der Waals surface area contributed by atoms with Crippen molar-refractivity contribution >= 4 is 21.6 Å². The lowest BCUT2D eigenvalue weighted by Crippen LogP contribution is -2.08. The molecule has 0 saturated heterocycles. The monoisotopic (exact) mass is 350 g/mol. The molecule has 6 heteroatoms. The summed E-state index contributed by atoms with van der Waals surface area (Å²) in [4.78, 5) is 10.7. The van der Waals surface area contributed by atoms with Crippen LogP contribution in [0, 0.1) is 10.1 Å². The van der Waals surface area contributed by atoms with E-state index >= 15 is 0 Å². The maximum absolute atomic E-state index is 11.1. The van der Waals surface area contributed by atoms with Crippen molar-refractivity contribution in [2.24, 2.45) is 5.73 Å². The average Bonchev–Trinajstić information content (AvgIpc) is 2.46. The topological polar surface area (TPSA) is 78.4 Å². The Morgan fingerprint density at radius 2 is 2.05 bits per heavy atom. The largest absolute Gasteiger partial charge is 0.488 e. The van der Waals surface area contributed by atoms with Crippen molar-refractivity contribution in [1.82, 2.24) is 0 Å². The maximum Gasteiger partial charge on any atom is 0.277 e. The molecular weight excluding hydrogens is 336 g/mol. The van der Waals surface area contributed by atoms with Gasteiger partial charge < -0.3 is 10.5 Å². The normalized spacial score (nSPS) is 12.0. The van der Waals surface area contributed by atoms with Gasteiger partial charge in [0.25, 0.3) is 5.69 Å². The minimum atomic E-state index is -0.416. The van der Waals surface area contributed by atoms with Crippen LogP contribution in [0.15, 0.2) is 46.9 Å². The van der Waals surface area contributed by atoms with Crippen LogP contribution in [-0.4, -0.2) is 4.92 Å². The molecule has 0 aliphatic carbocycles. The van der Waals surface area contributed by atoms with Gasteiger partial charge in [-0.3, -0.25) is 10.1 Å². The summed E-state index contributed by atoms with van der Waals surface area (Å²) in [5.41, 5.74) is 7.31. The van der Waals surface area contributed by atoms with Crippen LogP contribution in [0.3, 0.4) is 0 Å². The van der Waals surface area contributed by atoms with Gasteiger partial charge in [0.15, 0.2) is 0 Å². The molecule has 0 radical (unpaired) electrons. The number of nitro groups is 1. The van der Waals surface area contributed by atoms with Crippen LogP contribution in [-0.2, 0) is 6.61 Å². The zero-order valence-corrected chi connectivity index (χ0v) is 13.0. The van der Waals surface area contributed by atoms with E-state index in [1.165, 1.54) is 6.07 Å². The molecule has 0 heterocycles. The first-order valence-corrected chi connectivity index (χ1v) is 7.18. The molecule has 1 atom stereocenters. The number of hydrogen-bond acceptors (Lipinski definition) is 4. The number of halogens is 1. The Morgan fingerprint density at radius 1 is 1.33 bits per heavy atom. The van der Waals surface area contributed by atoms with Crippen molar-refractivity contribution in [1.29, 1.82) is 0 Å². The molecule has 0 aromatic heterocycles. The first-order valence-electron chi connectivity index (χ1n) is 6.39. The number of nitrogens with two attached hydrogens (primary N) is 1. The fourth-order valence-electron chi connectivity index (χ4n) is 1.97. The predicted molar refractivity (Wildman–Crippen MR) is 84.2 cm³/mol. The molecule has 2 N–H and O–H groups in total. The van der Waals surface area contributed by atoms with E-state index in [1.54, 1.807) is 12.1 Å². The maximum atomic E-state index is 11.1. The first-order chi connectivity index (χ1) is 9.99. The van der Waals surface area contributed by atoms with Gasteiger partial charge in [0.1, 0.15) is 12.4 Å². The predicted octanol–water partition coefficient (Wildman–Crippen LogP) is 3.96. The molecule has 0 amide bonds. The van der Waals surface area contributed by atoms with E-state index < -0.39 is 4.92 Å². The molecule has 2 aromatic carbocycles. The average molecular weight is 351 g/mol. The van der Waals surface area contributed by atoms with E-state index in [2.05, 4.69) is 15.9 Å². The molecule has 2 aromatic rings.